The minimum absolute atomic E-state index is 0.00659. The van der Waals surface area contributed by atoms with Gasteiger partial charge in [0.05, 0.1) is 10.6 Å². The third kappa shape index (κ3) is 5.09. The number of sulfone groups is 1. The number of halogens is 3. The number of piperidine rings is 1. The lowest BCUT2D eigenvalue weighted by Gasteiger charge is -2.41. The average Bonchev–Trinajstić information content (AvgIpc) is 3.05. The Bertz CT molecular complexity index is 1110. The highest BCUT2D eigenvalue weighted by atomic mass is 32.2. The first kappa shape index (κ1) is 23.8. The summed E-state index contributed by atoms with van der Waals surface area (Å²) in [7, 11) is -3.54. The third-order valence-corrected chi connectivity index (χ3v) is 8.63. The van der Waals surface area contributed by atoms with Gasteiger partial charge >= 0.3 is 0 Å². The van der Waals surface area contributed by atoms with Crippen LogP contribution >= 0.6 is 0 Å². The van der Waals surface area contributed by atoms with E-state index in [9.17, 15) is 26.4 Å². The number of nitrogens with two attached hydrogens (primary N) is 1. The Kier molecular flexibility index (Phi) is 6.81. The van der Waals surface area contributed by atoms with Crippen LogP contribution in [0, 0.1) is 23.4 Å². The van der Waals surface area contributed by atoms with E-state index in [-0.39, 0.29) is 53.0 Å². The summed E-state index contributed by atoms with van der Waals surface area (Å²) in [4.78, 5) is 14.9. The summed E-state index contributed by atoms with van der Waals surface area (Å²) < 4.78 is 65.8. The van der Waals surface area contributed by atoms with Gasteiger partial charge in [0.1, 0.15) is 5.82 Å². The summed E-state index contributed by atoms with van der Waals surface area (Å²) in [6, 6.07) is 8.92. The molecule has 0 spiro atoms. The molecule has 3 unspecified atom stereocenters. The molecule has 2 aromatic carbocycles. The molecule has 2 fully saturated rings. The number of hydrogen-bond acceptors (Lipinski definition) is 4. The van der Waals surface area contributed by atoms with Crippen molar-refractivity contribution in [1.82, 2.24) is 4.90 Å². The predicted molar refractivity (Wildman–Crippen MR) is 117 cm³/mol. The molecule has 4 rings (SSSR count). The van der Waals surface area contributed by atoms with Crippen molar-refractivity contribution in [3.8, 4) is 0 Å². The first-order valence-electron chi connectivity index (χ1n) is 11.1. The summed E-state index contributed by atoms with van der Waals surface area (Å²) >= 11 is 0. The second kappa shape index (κ2) is 9.46. The fourth-order valence-electron chi connectivity index (χ4n) is 5.21. The van der Waals surface area contributed by atoms with Crippen molar-refractivity contribution in [3.05, 3.63) is 65.5 Å². The van der Waals surface area contributed by atoms with Gasteiger partial charge in [0.15, 0.2) is 21.5 Å². The first-order chi connectivity index (χ1) is 15.7. The lowest BCUT2D eigenvalue weighted by molar-refractivity contribution is -0.136. The smallest absolute Gasteiger partial charge is 0.224 e. The van der Waals surface area contributed by atoms with Gasteiger partial charge in [0.2, 0.25) is 5.91 Å². The van der Waals surface area contributed by atoms with Gasteiger partial charge in [-0.1, -0.05) is 18.2 Å². The van der Waals surface area contributed by atoms with Crippen molar-refractivity contribution in [3.63, 3.8) is 0 Å². The average molecular weight is 481 g/mol. The number of carbonyl (C=O) groups is 1. The van der Waals surface area contributed by atoms with Gasteiger partial charge in [-0.2, -0.15) is 0 Å². The van der Waals surface area contributed by atoms with Gasteiger partial charge in [0, 0.05) is 30.6 Å². The summed E-state index contributed by atoms with van der Waals surface area (Å²) in [6.07, 6.45) is 2.87. The van der Waals surface area contributed by atoms with E-state index in [0.29, 0.717) is 18.9 Å². The molecule has 33 heavy (non-hydrogen) atoms. The monoisotopic (exact) mass is 480 g/mol. The van der Waals surface area contributed by atoms with E-state index >= 15 is 0 Å². The Morgan fingerprint density at radius 1 is 1.00 bits per heavy atom. The molecule has 178 valence electrons. The van der Waals surface area contributed by atoms with E-state index in [2.05, 4.69) is 0 Å². The number of rotatable bonds is 7. The molecule has 2 aliphatic rings. The van der Waals surface area contributed by atoms with Gasteiger partial charge in [-0.25, -0.2) is 21.6 Å². The topological polar surface area (TPSA) is 80.5 Å². The molecule has 5 nitrogen and oxygen atoms in total. The summed E-state index contributed by atoms with van der Waals surface area (Å²) in [5, 5.41) is 0. The van der Waals surface area contributed by atoms with Gasteiger partial charge in [-0.3, -0.25) is 4.79 Å². The van der Waals surface area contributed by atoms with Crippen LogP contribution in [0.15, 0.2) is 47.4 Å². The molecular weight excluding hydrogens is 453 g/mol. The molecule has 3 atom stereocenters. The Morgan fingerprint density at radius 2 is 1.61 bits per heavy atom. The van der Waals surface area contributed by atoms with Gasteiger partial charge in [-0.15, -0.1) is 0 Å². The van der Waals surface area contributed by atoms with Crippen LogP contribution in [0.3, 0.4) is 0 Å². The molecule has 0 aromatic heterocycles. The molecule has 0 aliphatic carbocycles. The van der Waals surface area contributed by atoms with Gasteiger partial charge in [0.25, 0.3) is 0 Å². The highest BCUT2D eigenvalue weighted by molar-refractivity contribution is 7.91. The second-order valence-electron chi connectivity index (χ2n) is 9.03. The SMILES string of the molecule is NC(Cc1cc(F)c(F)cc1F)C1CC2CCC(C1)N2C(=O)CCS(=O)(=O)c1ccccc1. The standard InChI is InChI=1S/C24H27F3N2O3S/c25-20-14-22(27)21(26)12-15(20)13-23(28)16-10-17-6-7-18(11-16)29(17)24(30)8-9-33(31,32)19-4-2-1-3-5-19/h1-5,12,14,16-18,23H,6-11,13,28H2. The third-order valence-electron chi connectivity index (χ3n) is 6.89. The summed E-state index contributed by atoms with van der Waals surface area (Å²) in [6.45, 7) is 0. The van der Waals surface area contributed by atoms with Crippen LogP contribution in [0.1, 0.15) is 37.7 Å². The van der Waals surface area contributed by atoms with Crippen LogP contribution < -0.4 is 5.73 Å². The maximum absolute atomic E-state index is 14.0. The molecule has 2 saturated heterocycles. The molecule has 2 N–H and O–H groups in total. The predicted octanol–water partition coefficient (Wildman–Crippen LogP) is 3.61. The van der Waals surface area contributed by atoms with E-state index < -0.39 is 33.3 Å². The quantitative estimate of drug-likeness (QED) is 0.614. The Morgan fingerprint density at radius 3 is 2.24 bits per heavy atom. The Hall–Kier alpha value is -2.39. The van der Waals surface area contributed by atoms with E-state index in [1.54, 1.807) is 18.2 Å². The zero-order valence-corrected chi connectivity index (χ0v) is 18.9. The molecule has 2 aromatic rings. The van der Waals surface area contributed by atoms with Crippen molar-refractivity contribution >= 4 is 15.7 Å². The maximum atomic E-state index is 14.0. The van der Waals surface area contributed by atoms with Gasteiger partial charge < -0.3 is 10.6 Å². The Balaban J connectivity index is 1.37. The molecule has 0 radical (unpaired) electrons. The van der Waals surface area contributed by atoms with E-state index in [4.69, 9.17) is 5.73 Å². The molecular formula is C24H27F3N2O3S. The first-order valence-corrected chi connectivity index (χ1v) is 12.8. The lowest BCUT2D eigenvalue weighted by atomic mass is 9.82. The van der Waals surface area contributed by atoms with Crippen molar-refractivity contribution in [2.45, 2.75) is 61.5 Å². The van der Waals surface area contributed by atoms with E-state index in [1.807, 2.05) is 4.90 Å². The number of amides is 1. The maximum Gasteiger partial charge on any atom is 0.224 e. The molecule has 2 heterocycles. The molecule has 2 bridgehead atoms. The molecule has 0 saturated carbocycles. The van der Waals surface area contributed by atoms with Crippen LogP contribution in [0.5, 0.6) is 0 Å². The highest BCUT2D eigenvalue weighted by Gasteiger charge is 2.44. The fourth-order valence-corrected chi connectivity index (χ4v) is 6.46. The van der Waals surface area contributed by atoms with Crippen LogP contribution in [0.4, 0.5) is 13.2 Å². The van der Waals surface area contributed by atoms with Crippen molar-refractivity contribution in [2.75, 3.05) is 5.75 Å². The highest BCUT2D eigenvalue weighted by Crippen LogP contribution is 2.40. The number of nitrogens with zero attached hydrogens (tertiary/aromatic N) is 1. The number of hydrogen-bond donors (Lipinski definition) is 1. The fraction of sp³-hybridized carbons (Fsp3) is 0.458. The summed E-state index contributed by atoms with van der Waals surface area (Å²) in [5.41, 5.74) is 6.37. The van der Waals surface area contributed by atoms with Crippen molar-refractivity contribution < 1.29 is 26.4 Å². The molecule has 9 heteroatoms. The van der Waals surface area contributed by atoms with Crippen LogP contribution in [-0.4, -0.2) is 43.1 Å². The minimum atomic E-state index is -3.54. The van der Waals surface area contributed by atoms with Crippen molar-refractivity contribution in [2.24, 2.45) is 11.7 Å². The normalized spacial score (nSPS) is 23.5. The largest absolute Gasteiger partial charge is 0.337 e. The zero-order valence-electron chi connectivity index (χ0n) is 18.1. The molecule has 2 aliphatic heterocycles. The van der Waals surface area contributed by atoms with Crippen LogP contribution in [0.25, 0.3) is 0 Å². The van der Waals surface area contributed by atoms with E-state index in [1.165, 1.54) is 12.1 Å². The zero-order chi connectivity index (χ0) is 23.8. The Labute approximate surface area is 191 Å². The lowest BCUT2D eigenvalue weighted by Crippen LogP contribution is -2.50. The minimum Gasteiger partial charge on any atom is -0.337 e. The number of carbonyl (C=O) groups excluding carboxylic acids is 1. The molecule has 1 amide bonds. The van der Waals surface area contributed by atoms with Crippen molar-refractivity contribution in [1.29, 1.82) is 0 Å². The van der Waals surface area contributed by atoms with Gasteiger partial charge in [-0.05, 0) is 61.8 Å². The number of fused-ring (bicyclic) bond motifs is 2. The van der Waals surface area contributed by atoms with Crippen LogP contribution in [0.2, 0.25) is 0 Å². The second-order valence-corrected chi connectivity index (χ2v) is 11.1. The summed E-state index contributed by atoms with van der Waals surface area (Å²) in [5.74, 6) is -3.58. The van der Waals surface area contributed by atoms with Crippen LogP contribution in [-0.2, 0) is 21.1 Å². The number of benzene rings is 2. The van der Waals surface area contributed by atoms with E-state index in [0.717, 1.165) is 18.9 Å².